The van der Waals surface area contributed by atoms with E-state index in [0.717, 1.165) is 12.5 Å². The molecule has 2 atom stereocenters. The minimum absolute atomic E-state index is 0.399. The highest BCUT2D eigenvalue weighted by Crippen LogP contribution is 2.25. The molecule has 1 heterocycles. The quantitative estimate of drug-likeness (QED) is 0.888. The third-order valence-electron chi connectivity index (χ3n) is 4.18. The molecule has 2 heteroatoms. The molecule has 0 aliphatic carbocycles. The van der Waals surface area contributed by atoms with Crippen LogP contribution >= 0.6 is 0 Å². The van der Waals surface area contributed by atoms with E-state index in [1.165, 1.54) is 43.5 Å². The summed E-state index contributed by atoms with van der Waals surface area (Å²) in [6.45, 7) is 7.61. The van der Waals surface area contributed by atoms with E-state index < -0.39 is 0 Å². The van der Waals surface area contributed by atoms with E-state index in [-0.39, 0.29) is 0 Å². The van der Waals surface area contributed by atoms with Crippen molar-refractivity contribution in [2.75, 3.05) is 19.6 Å². The second kappa shape index (κ2) is 6.35. The lowest BCUT2D eigenvalue weighted by molar-refractivity contribution is 0.207. The van der Waals surface area contributed by atoms with Crippen molar-refractivity contribution in [3.63, 3.8) is 0 Å². The predicted molar refractivity (Wildman–Crippen MR) is 77.6 cm³/mol. The second-order valence-corrected chi connectivity index (χ2v) is 5.73. The van der Waals surface area contributed by atoms with Gasteiger partial charge in [-0.1, -0.05) is 36.8 Å². The normalized spacial score (nSPS) is 23.6. The number of hydrogen-bond donors (Lipinski definition) is 1. The Labute approximate surface area is 111 Å². The molecule has 100 valence electrons. The molecule has 2 unspecified atom stereocenters. The Kier molecular flexibility index (Phi) is 4.79. The van der Waals surface area contributed by atoms with Crippen LogP contribution in [0, 0.1) is 12.8 Å². The van der Waals surface area contributed by atoms with Crippen LogP contribution in [0.2, 0.25) is 0 Å². The Balaban J connectivity index is 2.09. The SMILES string of the molecule is Cc1ccc(C(CN)N2CCCC(C)CC2)cc1. The maximum atomic E-state index is 6.02. The Bertz CT molecular complexity index is 358. The third-order valence-corrected chi connectivity index (χ3v) is 4.18. The van der Waals surface area contributed by atoms with Gasteiger partial charge in [0.25, 0.3) is 0 Å². The van der Waals surface area contributed by atoms with Crippen LogP contribution in [0.25, 0.3) is 0 Å². The molecular formula is C16H26N2. The Morgan fingerprint density at radius 2 is 1.94 bits per heavy atom. The number of nitrogens with two attached hydrogens (primary N) is 1. The standard InChI is InChI=1S/C16H26N2/c1-13-4-3-10-18(11-9-13)16(12-17)15-7-5-14(2)6-8-15/h5-8,13,16H,3-4,9-12,17H2,1-2H3. The number of likely N-dealkylation sites (tertiary alicyclic amines) is 1. The van der Waals surface area contributed by atoms with Crippen LogP contribution in [0.3, 0.4) is 0 Å². The van der Waals surface area contributed by atoms with Crippen molar-refractivity contribution in [3.8, 4) is 0 Å². The molecule has 0 saturated carbocycles. The Hall–Kier alpha value is -0.860. The largest absolute Gasteiger partial charge is 0.329 e. The molecular weight excluding hydrogens is 220 g/mol. The van der Waals surface area contributed by atoms with E-state index in [9.17, 15) is 0 Å². The van der Waals surface area contributed by atoms with Gasteiger partial charge in [-0.3, -0.25) is 4.90 Å². The number of benzene rings is 1. The van der Waals surface area contributed by atoms with Gasteiger partial charge < -0.3 is 5.73 Å². The van der Waals surface area contributed by atoms with Crippen molar-refractivity contribution in [3.05, 3.63) is 35.4 Å². The lowest BCUT2D eigenvalue weighted by Gasteiger charge is -2.30. The molecule has 2 nitrogen and oxygen atoms in total. The number of aryl methyl sites for hydroxylation is 1. The molecule has 1 aliphatic rings. The molecule has 0 aromatic heterocycles. The van der Waals surface area contributed by atoms with Crippen LogP contribution in [-0.4, -0.2) is 24.5 Å². The van der Waals surface area contributed by atoms with Crippen molar-refractivity contribution in [1.29, 1.82) is 0 Å². The molecule has 0 radical (unpaired) electrons. The van der Waals surface area contributed by atoms with E-state index in [1.54, 1.807) is 0 Å². The summed E-state index contributed by atoms with van der Waals surface area (Å²) in [7, 11) is 0. The van der Waals surface area contributed by atoms with E-state index >= 15 is 0 Å². The summed E-state index contributed by atoms with van der Waals surface area (Å²) in [5, 5.41) is 0. The smallest absolute Gasteiger partial charge is 0.0470 e. The summed E-state index contributed by atoms with van der Waals surface area (Å²) in [6.07, 6.45) is 3.98. The number of nitrogens with zero attached hydrogens (tertiary/aromatic N) is 1. The Morgan fingerprint density at radius 1 is 1.22 bits per heavy atom. The van der Waals surface area contributed by atoms with Crippen LogP contribution in [0.4, 0.5) is 0 Å². The van der Waals surface area contributed by atoms with Crippen LogP contribution < -0.4 is 5.73 Å². The molecule has 2 rings (SSSR count). The average Bonchev–Trinajstić information content (AvgIpc) is 2.58. The van der Waals surface area contributed by atoms with Crippen molar-refractivity contribution in [2.24, 2.45) is 11.7 Å². The van der Waals surface area contributed by atoms with Gasteiger partial charge in [0.2, 0.25) is 0 Å². The van der Waals surface area contributed by atoms with Gasteiger partial charge in [-0.2, -0.15) is 0 Å². The number of hydrogen-bond acceptors (Lipinski definition) is 2. The summed E-state index contributed by atoms with van der Waals surface area (Å²) in [5.74, 6) is 0.867. The fourth-order valence-corrected chi connectivity index (χ4v) is 2.88. The maximum absolute atomic E-state index is 6.02. The van der Waals surface area contributed by atoms with E-state index in [1.807, 2.05) is 0 Å². The minimum atomic E-state index is 0.399. The highest BCUT2D eigenvalue weighted by atomic mass is 15.2. The summed E-state index contributed by atoms with van der Waals surface area (Å²) in [4.78, 5) is 2.58. The zero-order valence-corrected chi connectivity index (χ0v) is 11.7. The van der Waals surface area contributed by atoms with Crippen molar-refractivity contribution < 1.29 is 0 Å². The molecule has 1 fully saturated rings. The zero-order chi connectivity index (χ0) is 13.0. The molecule has 1 aromatic rings. The fraction of sp³-hybridized carbons (Fsp3) is 0.625. The molecule has 0 bridgehead atoms. The highest BCUT2D eigenvalue weighted by Gasteiger charge is 2.21. The molecule has 2 N–H and O–H groups in total. The van der Waals surface area contributed by atoms with Crippen LogP contribution in [0.5, 0.6) is 0 Å². The first-order valence-corrected chi connectivity index (χ1v) is 7.21. The Morgan fingerprint density at radius 3 is 2.61 bits per heavy atom. The molecule has 1 saturated heterocycles. The van der Waals surface area contributed by atoms with Crippen molar-refractivity contribution in [1.82, 2.24) is 4.90 Å². The van der Waals surface area contributed by atoms with Gasteiger partial charge in [-0.25, -0.2) is 0 Å². The van der Waals surface area contributed by atoms with Gasteiger partial charge in [0.05, 0.1) is 0 Å². The van der Waals surface area contributed by atoms with Gasteiger partial charge in [0.1, 0.15) is 0 Å². The first kappa shape index (κ1) is 13.6. The minimum Gasteiger partial charge on any atom is -0.329 e. The summed E-state index contributed by atoms with van der Waals surface area (Å²) < 4.78 is 0. The van der Waals surface area contributed by atoms with Gasteiger partial charge in [0.15, 0.2) is 0 Å². The van der Waals surface area contributed by atoms with Crippen LogP contribution in [0.1, 0.15) is 43.4 Å². The topological polar surface area (TPSA) is 29.3 Å². The highest BCUT2D eigenvalue weighted by molar-refractivity contribution is 5.24. The predicted octanol–water partition coefficient (Wildman–Crippen LogP) is 3.12. The van der Waals surface area contributed by atoms with E-state index in [2.05, 4.69) is 43.0 Å². The average molecular weight is 246 g/mol. The zero-order valence-electron chi connectivity index (χ0n) is 11.7. The lowest BCUT2D eigenvalue weighted by Crippen LogP contribution is -2.34. The fourth-order valence-electron chi connectivity index (χ4n) is 2.88. The molecule has 18 heavy (non-hydrogen) atoms. The first-order chi connectivity index (χ1) is 8.70. The summed E-state index contributed by atoms with van der Waals surface area (Å²) in [6, 6.07) is 9.26. The van der Waals surface area contributed by atoms with Gasteiger partial charge >= 0.3 is 0 Å². The maximum Gasteiger partial charge on any atom is 0.0470 e. The molecule has 1 aliphatic heterocycles. The molecule has 0 amide bonds. The monoisotopic (exact) mass is 246 g/mol. The van der Waals surface area contributed by atoms with Crippen molar-refractivity contribution in [2.45, 2.75) is 39.2 Å². The van der Waals surface area contributed by atoms with E-state index in [4.69, 9.17) is 5.73 Å². The molecule has 0 spiro atoms. The second-order valence-electron chi connectivity index (χ2n) is 5.73. The van der Waals surface area contributed by atoms with Gasteiger partial charge in [-0.15, -0.1) is 0 Å². The first-order valence-electron chi connectivity index (χ1n) is 7.21. The van der Waals surface area contributed by atoms with Crippen LogP contribution in [-0.2, 0) is 0 Å². The number of rotatable bonds is 3. The molecule has 1 aromatic carbocycles. The summed E-state index contributed by atoms with van der Waals surface area (Å²) >= 11 is 0. The summed E-state index contributed by atoms with van der Waals surface area (Å²) in [5.41, 5.74) is 8.71. The van der Waals surface area contributed by atoms with Gasteiger partial charge in [0, 0.05) is 12.6 Å². The van der Waals surface area contributed by atoms with Crippen LogP contribution in [0.15, 0.2) is 24.3 Å². The van der Waals surface area contributed by atoms with Crippen molar-refractivity contribution >= 4 is 0 Å². The van der Waals surface area contributed by atoms with Gasteiger partial charge in [-0.05, 0) is 50.8 Å². The third kappa shape index (κ3) is 3.33. The lowest BCUT2D eigenvalue weighted by atomic mass is 10.0. The van der Waals surface area contributed by atoms with E-state index in [0.29, 0.717) is 6.04 Å².